The molecule has 144 valence electrons. The highest BCUT2D eigenvalue weighted by molar-refractivity contribution is 6.04. The number of nitro groups is 1. The van der Waals surface area contributed by atoms with E-state index in [1.54, 1.807) is 4.57 Å². The first-order valence-electron chi connectivity index (χ1n) is 8.57. The monoisotopic (exact) mass is 382 g/mol. The minimum absolute atomic E-state index is 0.155. The van der Waals surface area contributed by atoms with Crippen LogP contribution in [0.25, 0.3) is 11.0 Å². The summed E-state index contributed by atoms with van der Waals surface area (Å²) < 4.78 is 6.45. The molecule has 0 aliphatic carbocycles. The molecule has 1 heterocycles. The summed E-state index contributed by atoms with van der Waals surface area (Å²) >= 11 is 0. The summed E-state index contributed by atoms with van der Waals surface area (Å²) in [7, 11) is 1.33. The Balaban J connectivity index is 1.86. The minimum Gasteiger partial charge on any atom is -0.469 e. The maximum Gasteiger partial charge on any atom is 0.305 e. The topological polar surface area (TPSA) is 116 Å². The zero-order chi connectivity index (χ0) is 20.1. The number of imidazole rings is 1. The van der Waals surface area contributed by atoms with Gasteiger partial charge in [-0.05, 0) is 24.6 Å². The molecule has 0 fully saturated rings. The molecule has 0 spiro atoms. The lowest BCUT2D eigenvalue weighted by molar-refractivity contribution is -0.384. The van der Waals surface area contributed by atoms with Gasteiger partial charge in [0.05, 0.1) is 23.1 Å². The Morgan fingerprint density at radius 3 is 2.75 bits per heavy atom. The number of carbonyl (C=O) groups is 2. The molecular formula is C19H18N4O5. The van der Waals surface area contributed by atoms with Gasteiger partial charge in [0.15, 0.2) is 0 Å². The number of anilines is 1. The second-order valence-electron chi connectivity index (χ2n) is 6.02. The van der Waals surface area contributed by atoms with E-state index in [0.29, 0.717) is 24.4 Å². The van der Waals surface area contributed by atoms with Crippen LogP contribution in [-0.4, -0.2) is 33.5 Å². The summed E-state index contributed by atoms with van der Waals surface area (Å²) in [6.07, 6.45) is 0.744. The number of ether oxygens (including phenoxy) is 1. The smallest absolute Gasteiger partial charge is 0.305 e. The number of fused-ring (bicyclic) bond motifs is 1. The number of amides is 1. The van der Waals surface area contributed by atoms with Gasteiger partial charge in [-0.1, -0.05) is 18.2 Å². The highest BCUT2D eigenvalue weighted by Gasteiger charge is 2.16. The van der Waals surface area contributed by atoms with E-state index in [1.807, 2.05) is 24.3 Å². The van der Waals surface area contributed by atoms with Crippen LogP contribution in [0.15, 0.2) is 48.5 Å². The molecule has 0 aliphatic rings. The van der Waals surface area contributed by atoms with Gasteiger partial charge in [-0.15, -0.1) is 0 Å². The fraction of sp³-hybridized carbons (Fsp3) is 0.211. The highest BCUT2D eigenvalue weighted by atomic mass is 16.6. The van der Waals surface area contributed by atoms with Crippen LogP contribution in [0.5, 0.6) is 0 Å². The molecule has 0 saturated heterocycles. The van der Waals surface area contributed by atoms with Crippen molar-refractivity contribution in [2.45, 2.75) is 19.4 Å². The van der Waals surface area contributed by atoms with Gasteiger partial charge < -0.3 is 9.30 Å². The lowest BCUT2D eigenvalue weighted by Crippen LogP contribution is -2.16. The molecule has 0 radical (unpaired) electrons. The van der Waals surface area contributed by atoms with Crippen molar-refractivity contribution in [2.75, 3.05) is 12.4 Å². The largest absolute Gasteiger partial charge is 0.469 e. The average molecular weight is 382 g/mol. The maximum absolute atomic E-state index is 12.6. The third-order valence-corrected chi connectivity index (χ3v) is 4.19. The van der Waals surface area contributed by atoms with Crippen LogP contribution in [0, 0.1) is 10.1 Å². The van der Waals surface area contributed by atoms with E-state index in [2.05, 4.69) is 15.0 Å². The second-order valence-corrected chi connectivity index (χ2v) is 6.02. The molecule has 9 heteroatoms. The zero-order valence-corrected chi connectivity index (χ0v) is 15.1. The van der Waals surface area contributed by atoms with Crippen molar-refractivity contribution in [1.82, 2.24) is 9.55 Å². The third kappa shape index (κ3) is 4.14. The quantitative estimate of drug-likeness (QED) is 0.381. The molecule has 0 saturated carbocycles. The Kier molecular flexibility index (Phi) is 5.64. The lowest BCUT2D eigenvalue weighted by Gasteiger charge is -2.10. The highest BCUT2D eigenvalue weighted by Crippen LogP contribution is 2.22. The van der Waals surface area contributed by atoms with Crippen molar-refractivity contribution < 1.29 is 19.2 Å². The molecule has 0 bridgehead atoms. The van der Waals surface area contributed by atoms with Gasteiger partial charge in [0.1, 0.15) is 0 Å². The standard InChI is InChI=1S/C19H18N4O5/c1-28-17(24)10-5-11-22-16-9-3-2-8-15(16)20-19(22)21-18(25)13-6-4-7-14(12-13)23(26)27/h2-4,6-9,12H,5,10-11H2,1H3,(H,20,21,25). The normalized spacial score (nSPS) is 10.6. The van der Waals surface area contributed by atoms with Gasteiger partial charge in [-0.2, -0.15) is 0 Å². The first kappa shape index (κ1) is 19.0. The van der Waals surface area contributed by atoms with Crippen molar-refractivity contribution in [3.05, 3.63) is 64.2 Å². The fourth-order valence-corrected chi connectivity index (χ4v) is 2.82. The van der Waals surface area contributed by atoms with E-state index in [1.165, 1.54) is 31.4 Å². The van der Waals surface area contributed by atoms with Crippen LogP contribution in [0.2, 0.25) is 0 Å². The van der Waals surface area contributed by atoms with Crippen LogP contribution in [-0.2, 0) is 16.1 Å². The molecule has 3 rings (SSSR count). The Morgan fingerprint density at radius 2 is 2.00 bits per heavy atom. The number of nitrogens with one attached hydrogen (secondary N) is 1. The number of aromatic nitrogens is 2. The van der Waals surface area contributed by atoms with Crippen LogP contribution in [0.3, 0.4) is 0 Å². The molecule has 3 aromatic rings. The summed E-state index contributed by atoms with van der Waals surface area (Å²) in [5.41, 5.74) is 1.48. The first-order valence-corrected chi connectivity index (χ1v) is 8.57. The second kappa shape index (κ2) is 8.30. The van der Waals surface area contributed by atoms with Gasteiger partial charge in [0.25, 0.3) is 11.6 Å². The summed E-state index contributed by atoms with van der Waals surface area (Å²) in [5, 5.41) is 13.6. The number of nitro benzene ring substituents is 1. The van der Waals surface area contributed by atoms with Crippen LogP contribution in [0.1, 0.15) is 23.2 Å². The molecule has 2 aromatic carbocycles. The molecule has 28 heavy (non-hydrogen) atoms. The Labute approximate surface area is 160 Å². The van der Waals surface area contributed by atoms with E-state index in [9.17, 15) is 19.7 Å². The number of benzene rings is 2. The molecule has 0 aliphatic heterocycles. The minimum atomic E-state index is -0.557. The number of hydrogen-bond acceptors (Lipinski definition) is 6. The molecule has 9 nitrogen and oxygen atoms in total. The third-order valence-electron chi connectivity index (χ3n) is 4.19. The number of methoxy groups -OCH3 is 1. The van der Waals surface area contributed by atoms with Gasteiger partial charge in [-0.3, -0.25) is 25.0 Å². The zero-order valence-electron chi connectivity index (χ0n) is 15.1. The molecule has 0 atom stereocenters. The van der Waals surface area contributed by atoms with E-state index in [0.717, 1.165) is 5.52 Å². The predicted molar refractivity (Wildman–Crippen MR) is 102 cm³/mol. The Bertz CT molecular complexity index is 1040. The van der Waals surface area contributed by atoms with Crippen LogP contribution < -0.4 is 5.32 Å². The SMILES string of the molecule is COC(=O)CCCn1c(NC(=O)c2cccc([N+](=O)[O-])c2)nc2ccccc21. The van der Waals surface area contributed by atoms with Crippen LogP contribution in [0.4, 0.5) is 11.6 Å². The number of rotatable bonds is 7. The molecular weight excluding hydrogens is 364 g/mol. The summed E-state index contributed by atoms with van der Waals surface area (Å²) in [6, 6.07) is 12.8. The molecule has 1 N–H and O–H groups in total. The first-order chi connectivity index (χ1) is 13.5. The van der Waals surface area contributed by atoms with E-state index < -0.39 is 10.8 Å². The number of para-hydroxylation sites is 2. The van der Waals surface area contributed by atoms with E-state index in [-0.39, 0.29) is 23.6 Å². The van der Waals surface area contributed by atoms with Crippen molar-refractivity contribution in [3.8, 4) is 0 Å². The number of esters is 1. The lowest BCUT2D eigenvalue weighted by atomic mass is 10.2. The van der Waals surface area contributed by atoms with Gasteiger partial charge in [-0.25, -0.2) is 4.98 Å². The van der Waals surface area contributed by atoms with Crippen molar-refractivity contribution in [1.29, 1.82) is 0 Å². The van der Waals surface area contributed by atoms with Gasteiger partial charge in [0, 0.05) is 30.7 Å². The molecule has 1 aromatic heterocycles. The predicted octanol–water partition coefficient (Wildman–Crippen LogP) is 3.15. The van der Waals surface area contributed by atoms with E-state index in [4.69, 9.17) is 0 Å². The van der Waals surface area contributed by atoms with Crippen molar-refractivity contribution in [2.24, 2.45) is 0 Å². The maximum atomic E-state index is 12.6. The molecule has 1 amide bonds. The average Bonchev–Trinajstić information content (AvgIpc) is 3.05. The van der Waals surface area contributed by atoms with Gasteiger partial charge in [0.2, 0.25) is 5.95 Å². The number of carbonyl (C=O) groups excluding carboxylic acids is 2. The van der Waals surface area contributed by atoms with Crippen LogP contribution >= 0.6 is 0 Å². The van der Waals surface area contributed by atoms with Crippen molar-refractivity contribution >= 4 is 34.5 Å². The summed E-state index contributed by atoms with van der Waals surface area (Å²) in [5.74, 6) is -0.512. The summed E-state index contributed by atoms with van der Waals surface area (Å²) in [6.45, 7) is 0.445. The number of aryl methyl sites for hydroxylation is 1. The van der Waals surface area contributed by atoms with Gasteiger partial charge >= 0.3 is 5.97 Å². The Morgan fingerprint density at radius 1 is 1.21 bits per heavy atom. The summed E-state index contributed by atoms with van der Waals surface area (Å²) in [4.78, 5) is 38.8. The molecule has 0 unspecified atom stereocenters. The number of nitrogens with zero attached hydrogens (tertiary/aromatic N) is 3. The van der Waals surface area contributed by atoms with Crippen molar-refractivity contribution in [3.63, 3.8) is 0 Å². The van der Waals surface area contributed by atoms with E-state index >= 15 is 0 Å². The Hall–Kier alpha value is -3.75. The number of hydrogen-bond donors (Lipinski definition) is 1. The fourth-order valence-electron chi connectivity index (χ4n) is 2.82. The number of non-ortho nitro benzene ring substituents is 1.